The van der Waals surface area contributed by atoms with Gasteiger partial charge in [-0.1, -0.05) is 72.8 Å². The van der Waals surface area contributed by atoms with Gasteiger partial charge in [-0.15, -0.1) is 0 Å². The molecule has 0 bridgehead atoms. The van der Waals surface area contributed by atoms with Crippen LogP contribution in [0.25, 0.3) is 0 Å². The molecule has 1 saturated heterocycles. The molecule has 4 N–H and O–H groups in total. The van der Waals surface area contributed by atoms with Crippen molar-refractivity contribution >= 4 is 47.1 Å². The van der Waals surface area contributed by atoms with Crippen LogP contribution in [0.3, 0.4) is 0 Å². The van der Waals surface area contributed by atoms with E-state index in [1.165, 1.54) is 0 Å². The largest absolute Gasteiger partial charge is 0.448 e. The molecule has 16 nitrogen and oxygen atoms in total. The van der Waals surface area contributed by atoms with Crippen LogP contribution >= 0.6 is 0 Å². The molecule has 4 aromatic rings. The first kappa shape index (κ1) is 44.9. The Labute approximate surface area is 351 Å². The molecule has 60 heavy (non-hydrogen) atoms. The van der Waals surface area contributed by atoms with Gasteiger partial charge in [0.05, 0.1) is 0 Å². The summed E-state index contributed by atoms with van der Waals surface area (Å²) < 4.78 is 22.2. The smallest absolute Gasteiger partial charge is 0.411 e. The number of nitrogens with one attached hydrogen (secondary N) is 4. The normalized spacial score (nSPS) is 14.7. The lowest BCUT2D eigenvalue weighted by molar-refractivity contribution is 0.0849. The van der Waals surface area contributed by atoms with Crippen molar-refractivity contribution in [2.45, 2.75) is 0 Å². The first-order valence-electron chi connectivity index (χ1n) is 20.2. The number of rotatable bonds is 16. The number of amides is 4. The zero-order chi connectivity index (χ0) is 42.0. The molecule has 0 atom stereocenters. The summed E-state index contributed by atoms with van der Waals surface area (Å²) in [5.74, 6) is 0. The van der Waals surface area contributed by atoms with Crippen molar-refractivity contribution in [3.63, 3.8) is 0 Å². The van der Waals surface area contributed by atoms with Crippen molar-refractivity contribution in [2.24, 2.45) is 0 Å². The number of carbonyl (C=O) groups is 4. The zero-order valence-electron chi connectivity index (χ0n) is 33.9. The Morgan fingerprint density at radius 3 is 0.700 bits per heavy atom. The van der Waals surface area contributed by atoms with Crippen LogP contribution in [0, 0.1) is 0 Å². The summed E-state index contributed by atoms with van der Waals surface area (Å²) in [6.07, 6.45) is -2.12. The summed E-state index contributed by atoms with van der Waals surface area (Å²) >= 11 is 0. The molecule has 1 heterocycles. The van der Waals surface area contributed by atoms with E-state index >= 15 is 0 Å². The van der Waals surface area contributed by atoms with Gasteiger partial charge in [0.1, 0.15) is 26.4 Å². The van der Waals surface area contributed by atoms with Gasteiger partial charge >= 0.3 is 24.4 Å². The second-order valence-electron chi connectivity index (χ2n) is 13.9. The lowest BCUT2D eigenvalue weighted by Crippen LogP contribution is -2.48. The third kappa shape index (κ3) is 18.2. The molecule has 0 radical (unpaired) electrons. The van der Waals surface area contributed by atoms with Gasteiger partial charge in [0.2, 0.25) is 0 Å². The molecule has 1 aliphatic heterocycles. The van der Waals surface area contributed by atoms with Crippen LogP contribution in [0.1, 0.15) is 0 Å². The van der Waals surface area contributed by atoms with Gasteiger partial charge in [-0.25, -0.2) is 19.2 Å². The standard InChI is InChI=1S/C44H56N8O8/c53-41(45-37-13-5-1-6-14-37)57-33-29-49-21-23-50(30-34-58-42(54)46-38-15-7-2-8-16-38)25-27-52(32-36-60-44(56)48-40-19-11-4-12-20-40)28-26-51(24-22-49)31-35-59-43(55)47-39-17-9-3-10-18-39/h1-20H,21-36H2,(H,45,53)(H,46,54)(H,47,55)(H,48,56). The molecule has 320 valence electrons. The number of benzene rings is 4. The second-order valence-corrected chi connectivity index (χ2v) is 13.9. The van der Waals surface area contributed by atoms with Crippen LogP contribution in [0.2, 0.25) is 0 Å². The quantitative estimate of drug-likeness (QED) is 0.0947. The Morgan fingerprint density at radius 1 is 0.333 bits per heavy atom. The fraction of sp³-hybridized carbons (Fsp3) is 0.364. The van der Waals surface area contributed by atoms with Crippen molar-refractivity contribution in [1.82, 2.24) is 19.6 Å². The minimum atomic E-state index is -0.530. The van der Waals surface area contributed by atoms with Crippen molar-refractivity contribution in [2.75, 3.05) is 126 Å². The highest BCUT2D eigenvalue weighted by molar-refractivity contribution is 5.86. The van der Waals surface area contributed by atoms with E-state index in [1.807, 2.05) is 72.8 Å². The summed E-state index contributed by atoms with van der Waals surface area (Å²) in [5.41, 5.74) is 2.59. The van der Waals surface area contributed by atoms with Crippen LogP contribution in [0.4, 0.5) is 41.9 Å². The second kappa shape index (κ2) is 26.0. The van der Waals surface area contributed by atoms with Crippen LogP contribution in [-0.2, 0) is 18.9 Å². The molecule has 5 rings (SSSR count). The van der Waals surface area contributed by atoms with E-state index in [2.05, 4.69) is 40.9 Å². The highest BCUT2D eigenvalue weighted by atomic mass is 16.6. The van der Waals surface area contributed by atoms with Gasteiger partial charge in [-0.05, 0) is 48.5 Å². The third-order valence-corrected chi connectivity index (χ3v) is 9.57. The maximum absolute atomic E-state index is 12.6. The van der Waals surface area contributed by atoms with E-state index in [9.17, 15) is 19.2 Å². The van der Waals surface area contributed by atoms with Crippen molar-refractivity contribution in [1.29, 1.82) is 0 Å². The van der Waals surface area contributed by atoms with Crippen LogP contribution < -0.4 is 21.3 Å². The van der Waals surface area contributed by atoms with Crippen LogP contribution in [0.15, 0.2) is 121 Å². The Kier molecular flexibility index (Phi) is 19.5. The number of carbonyl (C=O) groups excluding carboxylic acids is 4. The summed E-state index contributed by atoms with van der Waals surface area (Å²) in [7, 11) is 0. The number of ether oxygens (including phenoxy) is 4. The molecule has 1 aliphatic rings. The summed E-state index contributed by atoms with van der Waals surface area (Å²) in [6, 6.07) is 36.5. The van der Waals surface area contributed by atoms with Gasteiger partial charge < -0.3 is 18.9 Å². The molecular weight excluding hydrogens is 769 g/mol. The van der Waals surface area contributed by atoms with Gasteiger partial charge in [0.15, 0.2) is 0 Å². The number of hydrogen-bond donors (Lipinski definition) is 4. The van der Waals surface area contributed by atoms with E-state index in [0.717, 1.165) is 0 Å². The van der Waals surface area contributed by atoms with Gasteiger partial charge in [-0.3, -0.25) is 40.9 Å². The van der Waals surface area contributed by atoms with Crippen molar-refractivity contribution < 1.29 is 38.1 Å². The molecular formula is C44H56N8O8. The molecule has 1 fully saturated rings. The van der Waals surface area contributed by atoms with Gasteiger partial charge in [0, 0.05) is 101 Å². The molecule has 4 aromatic carbocycles. The molecule has 0 saturated carbocycles. The Morgan fingerprint density at radius 2 is 0.517 bits per heavy atom. The zero-order valence-corrected chi connectivity index (χ0v) is 33.9. The van der Waals surface area contributed by atoms with E-state index < -0.39 is 24.4 Å². The Hall–Kier alpha value is -6.20. The summed E-state index contributed by atoms with van der Waals surface area (Å²) in [6.45, 7) is 7.83. The molecule has 0 unspecified atom stereocenters. The average Bonchev–Trinajstić information content (AvgIpc) is 3.25. The number of para-hydroxylation sites is 4. The first-order valence-corrected chi connectivity index (χ1v) is 20.2. The average molecular weight is 825 g/mol. The molecule has 0 aliphatic carbocycles. The van der Waals surface area contributed by atoms with E-state index in [1.54, 1.807) is 48.5 Å². The maximum Gasteiger partial charge on any atom is 0.411 e. The molecule has 0 aromatic heterocycles. The predicted octanol–water partition coefficient (Wildman–Crippen LogP) is 6.20. The highest BCUT2D eigenvalue weighted by Gasteiger charge is 2.19. The van der Waals surface area contributed by atoms with Crippen LogP contribution in [-0.4, -0.2) is 149 Å². The number of nitrogens with zero attached hydrogens (tertiary/aromatic N) is 4. The predicted molar refractivity (Wildman–Crippen MR) is 231 cm³/mol. The van der Waals surface area contributed by atoms with E-state index in [-0.39, 0.29) is 26.4 Å². The van der Waals surface area contributed by atoms with E-state index in [0.29, 0.717) is 101 Å². The molecule has 0 spiro atoms. The maximum atomic E-state index is 12.6. The van der Waals surface area contributed by atoms with Crippen molar-refractivity contribution in [3.8, 4) is 0 Å². The fourth-order valence-electron chi connectivity index (χ4n) is 6.24. The monoisotopic (exact) mass is 824 g/mol. The van der Waals surface area contributed by atoms with Crippen molar-refractivity contribution in [3.05, 3.63) is 121 Å². The lowest BCUT2D eigenvalue weighted by atomic mass is 10.3. The number of anilines is 4. The van der Waals surface area contributed by atoms with Gasteiger partial charge in [0.25, 0.3) is 0 Å². The van der Waals surface area contributed by atoms with Crippen LogP contribution in [0.5, 0.6) is 0 Å². The fourth-order valence-corrected chi connectivity index (χ4v) is 6.24. The Balaban J connectivity index is 1.20. The molecule has 4 amide bonds. The SMILES string of the molecule is O=C(Nc1ccccc1)OCCN1CCN(CCOC(=O)Nc2ccccc2)CCN(CCOC(=O)Nc2ccccc2)CCN(CCOC(=O)Nc2ccccc2)CC1. The van der Waals surface area contributed by atoms with Gasteiger partial charge in [-0.2, -0.15) is 0 Å². The molecule has 16 heteroatoms. The lowest BCUT2D eigenvalue weighted by Gasteiger charge is -2.34. The Bertz CT molecular complexity index is 1560. The summed E-state index contributed by atoms with van der Waals surface area (Å²) in [4.78, 5) is 59.2. The van der Waals surface area contributed by atoms with E-state index in [4.69, 9.17) is 18.9 Å². The number of hydrogen-bond acceptors (Lipinski definition) is 12. The minimum absolute atomic E-state index is 0.176. The first-order chi connectivity index (χ1) is 29.4. The highest BCUT2D eigenvalue weighted by Crippen LogP contribution is 2.10. The minimum Gasteiger partial charge on any atom is -0.448 e. The summed E-state index contributed by atoms with van der Waals surface area (Å²) in [5, 5.41) is 11.0. The third-order valence-electron chi connectivity index (χ3n) is 9.57. The topological polar surface area (TPSA) is 166 Å².